The summed E-state index contributed by atoms with van der Waals surface area (Å²) in [4.78, 5) is 11.5. The average Bonchev–Trinajstić information content (AvgIpc) is 2.27. The minimum atomic E-state index is -0.230. The molecule has 0 fully saturated rings. The SMILES string of the molecule is CCCCOCCC(NCC)C(=O)OCC. The third kappa shape index (κ3) is 7.65. The fraction of sp³-hybridized carbons (Fsp3) is 0.917. The molecule has 0 bridgehead atoms. The Labute approximate surface area is 98.7 Å². The van der Waals surface area contributed by atoms with Crippen molar-refractivity contribution in [2.45, 2.75) is 46.1 Å². The summed E-state index contributed by atoms with van der Waals surface area (Å²) in [5.41, 5.74) is 0. The smallest absolute Gasteiger partial charge is 0.323 e. The highest BCUT2D eigenvalue weighted by molar-refractivity contribution is 5.75. The molecule has 0 rings (SSSR count). The van der Waals surface area contributed by atoms with Gasteiger partial charge in [-0.15, -0.1) is 0 Å². The van der Waals surface area contributed by atoms with Crippen molar-refractivity contribution in [3.8, 4) is 0 Å². The molecule has 0 saturated heterocycles. The Balaban J connectivity index is 3.71. The number of nitrogens with one attached hydrogen (secondary N) is 1. The van der Waals surface area contributed by atoms with E-state index < -0.39 is 0 Å². The molecule has 0 aliphatic heterocycles. The van der Waals surface area contributed by atoms with Crippen LogP contribution in [0.4, 0.5) is 0 Å². The lowest BCUT2D eigenvalue weighted by Crippen LogP contribution is -2.38. The second-order valence-electron chi connectivity index (χ2n) is 3.62. The lowest BCUT2D eigenvalue weighted by atomic mass is 10.2. The summed E-state index contributed by atoms with van der Waals surface area (Å²) >= 11 is 0. The topological polar surface area (TPSA) is 47.6 Å². The predicted octanol–water partition coefficient (Wildman–Crippen LogP) is 1.73. The van der Waals surface area contributed by atoms with Crippen molar-refractivity contribution in [1.82, 2.24) is 5.32 Å². The van der Waals surface area contributed by atoms with E-state index in [-0.39, 0.29) is 12.0 Å². The number of hydrogen-bond donors (Lipinski definition) is 1. The Morgan fingerprint density at radius 3 is 2.56 bits per heavy atom. The van der Waals surface area contributed by atoms with Gasteiger partial charge in [-0.1, -0.05) is 20.3 Å². The monoisotopic (exact) mass is 231 g/mol. The quantitative estimate of drug-likeness (QED) is 0.459. The molecule has 1 N–H and O–H groups in total. The second-order valence-corrected chi connectivity index (χ2v) is 3.62. The molecule has 0 amide bonds. The molecule has 0 saturated carbocycles. The van der Waals surface area contributed by atoms with Gasteiger partial charge in [0.25, 0.3) is 0 Å². The summed E-state index contributed by atoms with van der Waals surface area (Å²) in [7, 11) is 0. The number of unbranched alkanes of at least 4 members (excludes halogenated alkanes) is 1. The highest BCUT2D eigenvalue weighted by atomic mass is 16.5. The highest BCUT2D eigenvalue weighted by Gasteiger charge is 2.17. The maximum atomic E-state index is 11.5. The third-order valence-corrected chi connectivity index (χ3v) is 2.21. The first kappa shape index (κ1) is 15.4. The summed E-state index contributed by atoms with van der Waals surface area (Å²) in [6.45, 7) is 8.50. The van der Waals surface area contributed by atoms with Crippen LogP contribution < -0.4 is 5.32 Å². The number of carbonyl (C=O) groups excluding carboxylic acids is 1. The van der Waals surface area contributed by atoms with Gasteiger partial charge in [-0.05, 0) is 26.3 Å². The minimum absolute atomic E-state index is 0.177. The fourth-order valence-electron chi connectivity index (χ4n) is 1.34. The van der Waals surface area contributed by atoms with Crippen LogP contribution in [-0.2, 0) is 14.3 Å². The van der Waals surface area contributed by atoms with Gasteiger partial charge in [-0.25, -0.2) is 0 Å². The van der Waals surface area contributed by atoms with Crippen molar-refractivity contribution in [2.24, 2.45) is 0 Å². The van der Waals surface area contributed by atoms with E-state index >= 15 is 0 Å². The zero-order valence-electron chi connectivity index (χ0n) is 10.8. The van der Waals surface area contributed by atoms with Crippen molar-refractivity contribution in [2.75, 3.05) is 26.4 Å². The molecule has 0 aliphatic rings. The second kappa shape index (κ2) is 10.9. The summed E-state index contributed by atoms with van der Waals surface area (Å²) in [5, 5.41) is 3.10. The molecular formula is C12H25NO3. The van der Waals surface area contributed by atoms with E-state index in [1.807, 2.05) is 13.8 Å². The lowest BCUT2D eigenvalue weighted by Gasteiger charge is -2.16. The van der Waals surface area contributed by atoms with E-state index in [9.17, 15) is 4.79 Å². The van der Waals surface area contributed by atoms with Gasteiger partial charge in [-0.2, -0.15) is 0 Å². The molecule has 96 valence electrons. The van der Waals surface area contributed by atoms with Crippen LogP contribution in [0.15, 0.2) is 0 Å². The number of likely N-dealkylation sites (N-methyl/N-ethyl adjacent to an activating group) is 1. The van der Waals surface area contributed by atoms with Crippen LogP contribution in [0.1, 0.15) is 40.0 Å². The van der Waals surface area contributed by atoms with Crippen molar-refractivity contribution in [3.05, 3.63) is 0 Å². The van der Waals surface area contributed by atoms with Crippen LogP contribution in [0.2, 0.25) is 0 Å². The van der Waals surface area contributed by atoms with Crippen LogP contribution in [0.3, 0.4) is 0 Å². The fourth-order valence-corrected chi connectivity index (χ4v) is 1.34. The van der Waals surface area contributed by atoms with Crippen molar-refractivity contribution >= 4 is 5.97 Å². The van der Waals surface area contributed by atoms with E-state index in [0.717, 1.165) is 26.0 Å². The number of esters is 1. The summed E-state index contributed by atoms with van der Waals surface area (Å²) in [5.74, 6) is -0.177. The standard InChI is InChI=1S/C12H25NO3/c1-4-7-9-15-10-8-11(13-5-2)12(14)16-6-3/h11,13H,4-10H2,1-3H3. The Morgan fingerprint density at radius 2 is 2.00 bits per heavy atom. The molecule has 0 spiro atoms. The predicted molar refractivity (Wildman–Crippen MR) is 64.4 cm³/mol. The van der Waals surface area contributed by atoms with Crippen LogP contribution in [-0.4, -0.2) is 38.4 Å². The van der Waals surface area contributed by atoms with Crippen molar-refractivity contribution in [3.63, 3.8) is 0 Å². The molecule has 0 aliphatic carbocycles. The molecular weight excluding hydrogens is 206 g/mol. The Morgan fingerprint density at radius 1 is 1.25 bits per heavy atom. The van der Waals surface area contributed by atoms with Gasteiger partial charge in [0.2, 0.25) is 0 Å². The maximum absolute atomic E-state index is 11.5. The van der Waals surface area contributed by atoms with Gasteiger partial charge in [0.05, 0.1) is 6.61 Å². The number of ether oxygens (including phenoxy) is 2. The molecule has 16 heavy (non-hydrogen) atoms. The van der Waals surface area contributed by atoms with E-state index in [0.29, 0.717) is 19.6 Å². The summed E-state index contributed by atoms with van der Waals surface area (Å²) in [6, 6.07) is -0.230. The zero-order valence-corrected chi connectivity index (χ0v) is 10.8. The van der Waals surface area contributed by atoms with Crippen LogP contribution in [0, 0.1) is 0 Å². The third-order valence-electron chi connectivity index (χ3n) is 2.21. The zero-order chi connectivity index (χ0) is 12.2. The van der Waals surface area contributed by atoms with E-state index in [1.165, 1.54) is 0 Å². The van der Waals surface area contributed by atoms with Gasteiger partial charge in [0, 0.05) is 13.2 Å². The molecule has 0 aromatic rings. The Hall–Kier alpha value is -0.610. The summed E-state index contributed by atoms with van der Waals surface area (Å²) in [6.07, 6.45) is 2.89. The van der Waals surface area contributed by atoms with Crippen molar-refractivity contribution < 1.29 is 14.3 Å². The van der Waals surface area contributed by atoms with Gasteiger partial charge in [0.15, 0.2) is 0 Å². The first-order valence-electron chi connectivity index (χ1n) is 6.23. The van der Waals surface area contributed by atoms with Crippen LogP contribution in [0.5, 0.6) is 0 Å². The largest absolute Gasteiger partial charge is 0.465 e. The Bertz CT molecular complexity index is 174. The van der Waals surface area contributed by atoms with Gasteiger partial charge >= 0.3 is 5.97 Å². The first-order valence-corrected chi connectivity index (χ1v) is 6.23. The number of carbonyl (C=O) groups is 1. The molecule has 1 atom stereocenters. The lowest BCUT2D eigenvalue weighted by molar-refractivity contribution is -0.146. The average molecular weight is 231 g/mol. The van der Waals surface area contributed by atoms with Crippen molar-refractivity contribution in [1.29, 1.82) is 0 Å². The van der Waals surface area contributed by atoms with Gasteiger partial charge < -0.3 is 14.8 Å². The minimum Gasteiger partial charge on any atom is -0.465 e. The molecule has 0 radical (unpaired) electrons. The molecule has 0 aromatic carbocycles. The molecule has 4 nitrogen and oxygen atoms in total. The van der Waals surface area contributed by atoms with Gasteiger partial charge in [0.1, 0.15) is 6.04 Å². The molecule has 4 heteroatoms. The highest BCUT2D eigenvalue weighted by Crippen LogP contribution is 1.98. The van der Waals surface area contributed by atoms with E-state index in [4.69, 9.17) is 9.47 Å². The summed E-state index contributed by atoms with van der Waals surface area (Å²) < 4.78 is 10.4. The van der Waals surface area contributed by atoms with Crippen LogP contribution in [0.25, 0.3) is 0 Å². The van der Waals surface area contributed by atoms with Gasteiger partial charge in [-0.3, -0.25) is 4.79 Å². The normalized spacial score (nSPS) is 12.4. The van der Waals surface area contributed by atoms with Crippen LogP contribution >= 0.6 is 0 Å². The molecule has 1 unspecified atom stereocenters. The molecule has 0 aromatic heterocycles. The Kier molecular flexibility index (Phi) is 10.5. The maximum Gasteiger partial charge on any atom is 0.323 e. The first-order chi connectivity index (χ1) is 7.76. The molecule has 0 heterocycles. The number of hydrogen-bond acceptors (Lipinski definition) is 4. The number of rotatable bonds is 10. The van der Waals surface area contributed by atoms with E-state index in [1.54, 1.807) is 0 Å². The van der Waals surface area contributed by atoms with E-state index in [2.05, 4.69) is 12.2 Å².